The third kappa shape index (κ3) is 4.89. The molecule has 6 nitrogen and oxygen atoms in total. The van der Waals surface area contributed by atoms with Gasteiger partial charge in [0.2, 0.25) is 0 Å². The molecule has 0 fully saturated rings. The van der Waals surface area contributed by atoms with E-state index in [2.05, 4.69) is 5.32 Å². The molecule has 0 radical (unpaired) electrons. The van der Waals surface area contributed by atoms with E-state index < -0.39 is 23.7 Å². The molecule has 0 unspecified atom stereocenters. The molecule has 1 N–H and O–H groups in total. The highest BCUT2D eigenvalue weighted by molar-refractivity contribution is 6.06. The Balaban J connectivity index is 2.33. The number of hydrogen-bond acceptors (Lipinski definition) is 5. The van der Waals surface area contributed by atoms with Crippen molar-refractivity contribution in [1.82, 2.24) is 0 Å². The summed E-state index contributed by atoms with van der Waals surface area (Å²) >= 11 is 0. The van der Waals surface area contributed by atoms with Crippen LogP contribution in [0.4, 0.5) is 10.1 Å². The first-order chi connectivity index (χ1) is 12.4. The number of nitrogens with one attached hydrogen (secondary N) is 1. The van der Waals surface area contributed by atoms with Crippen molar-refractivity contribution >= 4 is 23.5 Å². The monoisotopic (exact) mass is 359 g/mol. The molecule has 0 saturated carbocycles. The maximum atomic E-state index is 13.0. The Kier molecular flexibility index (Phi) is 6.43. The van der Waals surface area contributed by atoms with E-state index in [4.69, 9.17) is 9.47 Å². The van der Waals surface area contributed by atoms with Gasteiger partial charge < -0.3 is 14.8 Å². The van der Waals surface area contributed by atoms with Crippen molar-refractivity contribution in [2.45, 2.75) is 13.8 Å². The zero-order valence-electron chi connectivity index (χ0n) is 14.4. The second-order valence-corrected chi connectivity index (χ2v) is 5.20. The number of esters is 2. The quantitative estimate of drug-likeness (QED) is 0.799. The summed E-state index contributed by atoms with van der Waals surface area (Å²) < 4.78 is 22.8. The lowest BCUT2D eigenvalue weighted by molar-refractivity contribution is 0.0525. The smallest absolute Gasteiger partial charge is 0.338 e. The second-order valence-electron chi connectivity index (χ2n) is 5.20. The number of hydrogen-bond donors (Lipinski definition) is 1. The minimum absolute atomic E-state index is 0.104. The molecule has 7 heteroatoms. The molecule has 0 aliphatic rings. The number of carbonyl (C=O) groups is 3. The van der Waals surface area contributed by atoms with Gasteiger partial charge in [0, 0.05) is 11.3 Å². The van der Waals surface area contributed by atoms with Gasteiger partial charge in [0.15, 0.2) is 0 Å². The number of ether oxygens (including phenoxy) is 2. The first-order valence-corrected chi connectivity index (χ1v) is 8.00. The average Bonchev–Trinajstić information content (AvgIpc) is 2.62. The standard InChI is InChI=1S/C19H18FNO5/c1-3-25-18(23)13-9-14(19(24)26-4-2)11-16(10-13)21-17(22)12-5-7-15(20)8-6-12/h5-11H,3-4H2,1-2H3,(H,21,22). The molecule has 0 bridgehead atoms. The third-order valence-corrected chi connectivity index (χ3v) is 3.32. The summed E-state index contributed by atoms with van der Waals surface area (Å²) in [7, 11) is 0. The van der Waals surface area contributed by atoms with Crippen molar-refractivity contribution in [3.63, 3.8) is 0 Å². The molecule has 26 heavy (non-hydrogen) atoms. The largest absolute Gasteiger partial charge is 0.462 e. The normalized spacial score (nSPS) is 10.1. The highest BCUT2D eigenvalue weighted by Gasteiger charge is 2.16. The molecule has 1 amide bonds. The summed E-state index contributed by atoms with van der Waals surface area (Å²) in [6.07, 6.45) is 0. The van der Waals surface area contributed by atoms with Crippen LogP contribution in [-0.2, 0) is 9.47 Å². The van der Waals surface area contributed by atoms with E-state index in [9.17, 15) is 18.8 Å². The van der Waals surface area contributed by atoms with E-state index in [1.807, 2.05) is 0 Å². The van der Waals surface area contributed by atoms with E-state index in [0.29, 0.717) is 0 Å². The van der Waals surface area contributed by atoms with E-state index in [1.165, 1.54) is 30.3 Å². The Morgan fingerprint density at radius 1 is 0.846 bits per heavy atom. The van der Waals surface area contributed by atoms with Gasteiger partial charge in [-0.05, 0) is 56.3 Å². The molecular formula is C19H18FNO5. The van der Waals surface area contributed by atoms with Crippen molar-refractivity contribution in [2.24, 2.45) is 0 Å². The van der Waals surface area contributed by atoms with Gasteiger partial charge in [-0.3, -0.25) is 4.79 Å². The molecule has 0 heterocycles. The van der Waals surface area contributed by atoms with Crippen LogP contribution < -0.4 is 5.32 Å². The highest BCUT2D eigenvalue weighted by atomic mass is 19.1. The van der Waals surface area contributed by atoms with Crippen molar-refractivity contribution in [1.29, 1.82) is 0 Å². The minimum Gasteiger partial charge on any atom is -0.462 e. The Bertz CT molecular complexity index is 781. The summed E-state index contributed by atoms with van der Waals surface area (Å²) in [6, 6.07) is 9.09. The maximum absolute atomic E-state index is 13.0. The summed E-state index contributed by atoms with van der Waals surface area (Å²) in [5.74, 6) is -2.23. The van der Waals surface area contributed by atoms with Gasteiger partial charge in [-0.1, -0.05) is 0 Å². The lowest BCUT2D eigenvalue weighted by atomic mass is 10.1. The van der Waals surface area contributed by atoms with Crippen LogP contribution >= 0.6 is 0 Å². The van der Waals surface area contributed by atoms with Gasteiger partial charge in [0.1, 0.15) is 5.82 Å². The van der Waals surface area contributed by atoms with Crippen LogP contribution in [0.25, 0.3) is 0 Å². The van der Waals surface area contributed by atoms with Crippen LogP contribution in [0.5, 0.6) is 0 Å². The molecule has 2 aromatic rings. The fraction of sp³-hybridized carbons (Fsp3) is 0.211. The van der Waals surface area contributed by atoms with Crippen molar-refractivity contribution < 1.29 is 28.2 Å². The first kappa shape index (κ1) is 19.1. The van der Waals surface area contributed by atoms with Gasteiger partial charge in [-0.15, -0.1) is 0 Å². The van der Waals surface area contributed by atoms with Crippen LogP contribution in [0.1, 0.15) is 44.9 Å². The Morgan fingerprint density at radius 2 is 1.35 bits per heavy atom. The number of carbonyl (C=O) groups excluding carboxylic acids is 3. The zero-order valence-corrected chi connectivity index (χ0v) is 14.4. The van der Waals surface area contributed by atoms with Crippen LogP contribution in [0.3, 0.4) is 0 Å². The molecule has 136 valence electrons. The predicted molar refractivity (Wildman–Crippen MR) is 92.7 cm³/mol. The highest BCUT2D eigenvalue weighted by Crippen LogP contribution is 2.18. The van der Waals surface area contributed by atoms with Crippen LogP contribution in [-0.4, -0.2) is 31.1 Å². The van der Waals surface area contributed by atoms with Gasteiger partial charge in [0.05, 0.1) is 24.3 Å². The molecule has 0 aliphatic heterocycles. The summed E-state index contributed by atoms with van der Waals surface area (Å²) in [6.45, 7) is 3.65. The summed E-state index contributed by atoms with van der Waals surface area (Å²) in [5.41, 5.74) is 0.650. The van der Waals surface area contributed by atoms with Crippen LogP contribution in [0.15, 0.2) is 42.5 Å². The summed E-state index contributed by atoms with van der Waals surface area (Å²) in [5, 5.41) is 2.58. The number of anilines is 1. The number of amides is 1. The predicted octanol–water partition coefficient (Wildman–Crippen LogP) is 3.43. The Labute approximate surface area is 149 Å². The summed E-state index contributed by atoms with van der Waals surface area (Å²) in [4.78, 5) is 36.3. The molecule has 0 aliphatic carbocycles. The molecular weight excluding hydrogens is 341 g/mol. The Hall–Kier alpha value is -3.22. The third-order valence-electron chi connectivity index (χ3n) is 3.32. The van der Waals surface area contributed by atoms with Crippen LogP contribution in [0.2, 0.25) is 0 Å². The van der Waals surface area contributed by atoms with Crippen molar-refractivity contribution in [3.8, 4) is 0 Å². The average molecular weight is 359 g/mol. The van der Waals surface area contributed by atoms with E-state index in [-0.39, 0.29) is 35.6 Å². The van der Waals surface area contributed by atoms with E-state index >= 15 is 0 Å². The van der Waals surface area contributed by atoms with Gasteiger partial charge in [0.25, 0.3) is 5.91 Å². The Morgan fingerprint density at radius 3 is 1.81 bits per heavy atom. The van der Waals surface area contributed by atoms with Gasteiger partial charge in [-0.2, -0.15) is 0 Å². The number of halogens is 1. The van der Waals surface area contributed by atoms with E-state index in [1.54, 1.807) is 13.8 Å². The fourth-order valence-corrected chi connectivity index (χ4v) is 2.17. The van der Waals surface area contributed by atoms with Gasteiger partial charge >= 0.3 is 11.9 Å². The molecule has 2 rings (SSSR count). The molecule has 2 aromatic carbocycles. The number of benzene rings is 2. The number of rotatable bonds is 6. The molecule has 0 atom stereocenters. The van der Waals surface area contributed by atoms with Crippen LogP contribution in [0, 0.1) is 5.82 Å². The molecule has 0 saturated heterocycles. The molecule has 0 aromatic heterocycles. The second kappa shape index (κ2) is 8.75. The van der Waals surface area contributed by atoms with Gasteiger partial charge in [-0.25, -0.2) is 14.0 Å². The maximum Gasteiger partial charge on any atom is 0.338 e. The SMILES string of the molecule is CCOC(=O)c1cc(NC(=O)c2ccc(F)cc2)cc(C(=O)OCC)c1. The fourth-order valence-electron chi connectivity index (χ4n) is 2.17. The first-order valence-electron chi connectivity index (χ1n) is 8.00. The zero-order chi connectivity index (χ0) is 19.1. The lowest BCUT2D eigenvalue weighted by Crippen LogP contribution is -2.15. The van der Waals surface area contributed by atoms with E-state index in [0.717, 1.165) is 12.1 Å². The minimum atomic E-state index is -0.629. The topological polar surface area (TPSA) is 81.7 Å². The van der Waals surface area contributed by atoms with Crippen molar-refractivity contribution in [3.05, 3.63) is 65.0 Å². The molecule has 0 spiro atoms. The van der Waals surface area contributed by atoms with Crippen molar-refractivity contribution in [2.75, 3.05) is 18.5 Å². The lowest BCUT2D eigenvalue weighted by Gasteiger charge is -2.10.